The van der Waals surface area contributed by atoms with E-state index in [9.17, 15) is 18.0 Å². The topological polar surface area (TPSA) is 110 Å². The van der Waals surface area contributed by atoms with E-state index >= 15 is 0 Å². The van der Waals surface area contributed by atoms with Crippen LogP contribution in [0.4, 0.5) is 0 Å². The fourth-order valence-corrected chi connectivity index (χ4v) is 4.19. The van der Waals surface area contributed by atoms with Gasteiger partial charge in [0.2, 0.25) is 10.0 Å². The van der Waals surface area contributed by atoms with Crippen molar-refractivity contribution in [2.75, 3.05) is 27.2 Å². The van der Waals surface area contributed by atoms with E-state index in [1.165, 1.54) is 27.4 Å². The first-order valence-corrected chi connectivity index (χ1v) is 9.40. The normalized spacial score (nSPS) is 16.4. The minimum absolute atomic E-state index is 0.0119. The number of rotatable bonds is 6. The molecule has 1 aliphatic heterocycles. The number of amides is 2. The van der Waals surface area contributed by atoms with Crippen molar-refractivity contribution >= 4 is 21.8 Å². The predicted molar refractivity (Wildman–Crippen MR) is 91.7 cm³/mol. The van der Waals surface area contributed by atoms with Crippen molar-refractivity contribution in [1.29, 1.82) is 0 Å². The van der Waals surface area contributed by atoms with Gasteiger partial charge in [0.05, 0.1) is 10.5 Å². The van der Waals surface area contributed by atoms with Crippen LogP contribution in [0.3, 0.4) is 0 Å². The number of hydrogen-bond acceptors (Lipinski definition) is 5. The second kappa shape index (κ2) is 7.40. The molecule has 1 aromatic rings. The third-order valence-electron chi connectivity index (χ3n) is 4.01. The molecule has 1 aromatic carbocycles. The highest BCUT2D eigenvalue weighted by Gasteiger charge is 2.29. The third-order valence-corrected chi connectivity index (χ3v) is 5.91. The molecule has 2 N–H and O–H groups in total. The zero-order chi connectivity index (χ0) is 18.8. The first kappa shape index (κ1) is 19.2. The summed E-state index contributed by atoms with van der Waals surface area (Å²) >= 11 is 0. The molecular formula is C16H23N3O5S. The van der Waals surface area contributed by atoms with Crippen LogP contribution in [-0.4, -0.2) is 62.7 Å². The molecule has 2 rings (SSSR count). The Labute approximate surface area is 147 Å². The van der Waals surface area contributed by atoms with Crippen molar-refractivity contribution < 1.29 is 22.7 Å². The van der Waals surface area contributed by atoms with Gasteiger partial charge in [-0.1, -0.05) is 0 Å². The van der Waals surface area contributed by atoms with Gasteiger partial charge < -0.3 is 15.4 Å². The highest BCUT2D eigenvalue weighted by molar-refractivity contribution is 7.89. The Morgan fingerprint density at radius 3 is 2.36 bits per heavy atom. The summed E-state index contributed by atoms with van der Waals surface area (Å²) in [5.41, 5.74) is 5.30. The summed E-state index contributed by atoms with van der Waals surface area (Å²) in [4.78, 5) is 25.0. The van der Waals surface area contributed by atoms with E-state index in [0.29, 0.717) is 13.1 Å². The number of primary amides is 1. The molecular weight excluding hydrogens is 346 g/mol. The number of nitrogens with two attached hydrogens (primary N) is 1. The lowest BCUT2D eigenvalue weighted by Crippen LogP contribution is -2.35. The van der Waals surface area contributed by atoms with Gasteiger partial charge in [-0.25, -0.2) is 8.42 Å². The van der Waals surface area contributed by atoms with Crippen molar-refractivity contribution in [2.24, 2.45) is 5.73 Å². The molecule has 1 atom stereocenters. The van der Waals surface area contributed by atoms with Gasteiger partial charge in [0.1, 0.15) is 5.75 Å². The second-order valence-corrected chi connectivity index (χ2v) is 8.06. The predicted octanol–water partition coefficient (Wildman–Crippen LogP) is 0.426. The molecule has 25 heavy (non-hydrogen) atoms. The Hall–Kier alpha value is -2.13. The van der Waals surface area contributed by atoms with Gasteiger partial charge in [0.25, 0.3) is 11.8 Å². The molecule has 1 saturated heterocycles. The molecule has 0 radical (unpaired) electrons. The number of nitrogens with zero attached hydrogens (tertiary/aromatic N) is 2. The number of hydrogen-bond donors (Lipinski definition) is 1. The van der Waals surface area contributed by atoms with E-state index in [2.05, 4.69) is 0 Å². The molecule has 0 saturated carbocycles. The SMILES string of the molecule is C[C@@H](Oc1ccc(S(=O)(=O)N2CCCC2)cc1C(N)=O)C(=O)N(C)C. The van der Waals surface area contributed by atoms with Gasteiger partial charge in [0, 0.05) is 27.2 Å². The van der Waals surface area contributed by atoms with Gasteiger partial charge >= 0.3 is 0 Å². The standard InChI is InChI=1S/C16H23N3O5S/c1-11(16(21)18(2)3)24-14-7-6-12(10-13(14)15(17)20)25(22,23)19-8-4-5-9-19/h6-7,10-11H,4-5,8-9H2,1-3H3,(H2,17,20)/t11-/m1/s1. The number of carbonyl (C=O) groups is 2. The number of ether oxygens (including phenoxy) is 1. The summed E-state index contributed by atoms with van der Waals surface area (Å²) in [6.07, 6.45) is 0.787. The summed E-state index contributed by atoms with van der Waals surface area (Å²) in [5, 5.41) is 0. The molecule has 0 spiro atoms. The van der Waals surface area contributed by atoms with Crippen LogP contribution in [0.15, 0.2) is 23.1 Å². The van der Waals surface area contributed by atoms with Crippen molar-refractivity contribution in [1.82, 2.24) is 9.21 Å². The monoisotopic (exact) mass is 369 g/mol. The summed E-state index contributed by atoms with van der Waals surface area (Å²) in [7, 11) is -0.502. The Kier molecular flexibility index (Phi) is 5.69. The van der Waals surface area contributed by atoms with Crippen LogP contribution >= 0.6 is 0 Å². The second-order valence-electron chi connectivity index (χ2n) is 6.13. The minimum Gasteiger partial charge on any atom is -0.480 e. The molecule has 2 amide bonds. The zero-order valence-electron chi connectivity index (χ0n) is 14.6. The molecule has 8 nitrogen and oxygen atoms in total. The fraction of sp³-hybridized carbons (Fsp3) is 0.500. The van der Waals surface area contributed by atoms with Gasteiger partial charge in [-0.05, 0) is 38.0 Å². The van der Waals surface area contributed by atoms with Crippen LogP contribution in [0.5, 0.6) is 5.75 Å². The molecule has 1 fully saturated rings. The van der Waals surface area contributed by atoms with E-state index in [1.807, 2.05) is 0 Å². The van der Waals surface area contributed by atoms with Crippen LogP contribution in [0, 0.1) is 0 Å². The van der Waals surface area contributed by atoms with Crippen LogP contribution in [0.1, 0.15) is 30.1 Å². The molecule has 1 aliphatic rings. The number of benzene rings is 1. The van der Waals surface area contributed by atoms with E-state index in [-0.39, 0.29) is 22.1 Å². The first-order chi connectivity index (χ1) is 11.6. The summed E-state index contributed by atoms with van der Waals surface area (Å²) < 4.78 is 32.1. The molecule has 138 valence electrons. The maximum atomic E-state index is 12.6. The summed E-state index contributed by atoms with van der Waals surface area (Å²) in [6.45, 7) is 2.46. The lowest BCUT2D eigenvalue weighted by molar-refractivity contribution is -0.135. The van der Waals surface area contributed by atoms with Crippen molar-refractivity contribution in [2.45, 2.75) is 30.8 Å². The fourth-order valence-electron chi connectivity index (χ4n) is 2.65. The molecule has 0 aliphatic carbocycles. The Balaban J connectivity index is 2.35. The number of likely N-dealkylation sites (N-methyl/N-ethyl adjacent to an activating group) is 1. The number of sulfonamides is 1. The van der Waals surface area contributed by atoms with Gasteiger partial charge in [0.15, 0.2) is 6.10 Å². The maximum absolute atomic E-state index is 12.6. The van der Waals surface area contributed by atoms with Crippen LogP contribution < -0.4 is 10.5 Å². The van der Waals surface area contributed by atoms with E-state index in [4.69, 9.17) is 10.5 Å². The first-order valence-electron chi connectivity index (χ1n) is 7.96. The van der Waals surface area contributed by atoms with Crippen molar-refractivity contribution in [3.63, 3.8) is 0 Å². The molecule has 0 aromatic heterocycles. The van der Waals surface area contributed by atoms with Crippen molar-refractivity contribution in [3.8, 4) is 5.75 Å². The highest BCUT2D eigenvalue weighted by atomic mass is 32.2. The lowest BCUT2D eigenvalue weighted by atomic mass is 10.2. The van der Waals surface area contributed by atoms with Gasteiger partial charge in [-0.3, -0.25) is 9.59 Å². The van der Waals surface area contributed by atoms with Crippen LogP contribution in [-0.2, 0) is 14.8 Å². The van der Waals surface area contributed by atoms with Crippen LogP contribution in [0.2, 0.25) is 0 Å². The molecule has 1 heterocycles. The number of carbonyl (C=O) groups excluding carboxylic acids is 2. The maximum Gasteiger partial charge on any atom is 0.262 e. The minimum atomic E-state index is -3.67. The summed E-state index contributed by atoms with van der Waals surface area (Å²) in [5.74, 6) is -1.03. The quantitative estimate of drug-likeness (QED) is 0.782. The Bertz CT molecular complexity index is 770. The molecule has 9 heteroatoms. The van der Waals surface area contributed by atoms with Gasteiger partial charge in [-0.15, -0.1) is 0 Å². The zero-order valence-corrected chi connectivity index (χ0v) is 15.4. The smallest absolute Gasteiger partial charge is 0.262 e. The average molecular weight is 369 g/mol. The lowest BCUT2D eigenvalue weighted by Gasteiger charge is -2.20. The van der Waals surface area contributed by atoms with E-state index in [1.54, 1.807) is 21.0 Å². The van der Waals surface area contributed by atoms with Gasteiger partial charge in [-0.2, -0.15) is 4.31 Å². The molecule has 0 bridgehead atoms. The largest absolute Gasteiger partial charge is 0.480 e. The highest BCUT2D eigenvalue weighted by Crippen LogP contribution is 2.27. The van der Waals surface area contributed by atoms with E-state index < -0.39 is 22.0 Å². The Morgan fingerprint density at radius 1 is 1.24 bits per heavy atom. The van der Waals surface area contributed by atoms with E-state index in [0.717, 1.165) is 12.8 Å². The third kappa shape index (κ3) is 4.10. The average Bonchev–Trinajstić information content (AvgIpc) is 3.09. The van der Waals surface area contributed by atoms with Crippen molar-refractivity contribution in [3.05, 3.63) is 23.8 Å². The summed E-state index contributed by atoms with van der Waals surface area (Å²) in [6, 6.07) is 3.93. The Morgan fingerprint density at radius 2 is 1.84 bits per heavy atom. The van der Waals surface area contributed by atoms with Crippen LogP contribution in [0.25, 0.3) is 0 Å². The molecule has 0 unspecified atom stereocenters.